The summed E-state index contributed by atoms with van der Waals surface area (Å²) in [6.45, 7) is 4.74. The normalized spacial score (nSPS) is 12.8. The van der Waals surface area contributed by atoms with E-state index >= 15 is 0 Å². The molecule has 0 amide bonds. The van der Waals surface area contributed by atoms with Crippen LogP contribution in [-0.2, 0) is 5.41 Å². The molecule has 1 aromatic heterocycles. The molecule has 274 valence electrons. The monoisotopic (exact) mass is 741 g/mol. The average molecular weight is 742 g/mol. The van der Waals surface area contributed by atoms with Gasteiger partial charge in [0.15, 0.2) is 0 Å². The standard InChI is InChI=1S/C55H39N3/c1-55(2)47-25-15-24-44(51(47)45-32-31-43(35-48(45)55)58(41-20-11-5-12-21-41)42-22-13-6-14-23-42)40-29-27-36-26-28-37-30-33-49-54(50(37)46(36)34-40)57-53(39-18-9-4-10-19-39)52(56-49)38-16-7-3-8-17-38/h3-35H,1-2H3. The molecule has 0 unspecified atom stereocenters. The summed E-state index contributed by atoms with van der Waals surface area (Å²) in [6.07, 6.45) is 0. The minimum absolute atomic E-state index is 0.199. The minimum atomic E-state index is -0.199. The summed E-state index contributed by atoms with van der Waals surface area (Å²) in [4.78, 5) is 13.2. The molecule has 10 aromatic rings. The number of aromatic nitrogens is 2. The lowest BCUT2D eigenvalue weighted by atomic mass is 9.81. The van der Waals surface area contributed by atoms with Crippen LogP contribution in [0.2, 0.25) is 0 Å². The van der Waals surface area contributed by atoms with Crippen LogP contribution in [0.15, 0.2) is 200 Å². The van der Waals surface area contributed by atoms with Crippen molar-refractivity contribution in [3.05, 3.63) is 211 Å². The molecule has 1 aliphatic carbocycles. The maximum atomic E-state index is 5.51. The predicted octanol–water partition coefficient (Wildman–Crippen LogP) is 14.7. The van der Waals surface area contributed by atoms with Crippen LogP contribution in [0.5, 0.6) is 0 Å². The van der Waals surface area contributed by atoms with Crippen molar-refractivity contribution in [1.29, 1.82) is 0 Å². The van der Waals surface area contributed by atoms with Crippen LogP contribution < -0.4 is 4.90 Å². The molecular weight excluding hydrogens is 703 g/mol. The quantitative estimate of drug-likeness (QED) is 0.159. The molecule has 0 saturated carbocycles. The summed E-state index contributed by atoms with van der Waals surface area (Å²) in [7, 11) is 0. The van der Waals surface area contributed by atoms with Crippen LogP contribution >= 0.6 is 0 Å². The maximum absolute atomic E-state index is 5.51. The summed E-state index contributed by atoms with van der Waals surface area (Å²) < 4.78 is 0. The van der Waals surface area contributed by atoms with Gasteiger partial charge in [0, 0.05) is 39.0 Å². The highest BCUT2D eigenvalue weighted by Crippen LogP contribution is 2.54. The van der Waals surface area contributed by atoms with E-state index in [1.54, 1.807) is 0 Å². The lowest BCUT2D eigenvalue weighted by Gasteiger charge is -2.28. The van der Waals surface area contributed by atoms with Crippen molar-refractivity contribution in [2.24, 2.45) is 0 Å². The first-order valence-corrected chi connectivity index (χ1v) is 20.0. The molecule has 0 atom stereocenters. The molecular formula is C55H39N3. The first-order chi connectivity index (χ1) is 28.5. The van der Waals surface area contributed by atoms with E-state index in [1.807, 2.05) is 12.1 Å². The first kappa shape index (κ1) is 33.9. The van der Waals surface area contributed by atoms with Gasteiger partial charge in [-0.05, 0) is 98.1 Å². The highest BCUT2D eigenvalue weighted by atomic mass is 15.1. The van der Waals surface area contributed by atoms with E-state index in [4.69, 9.17) is 9.97 Å². The second-order valence-corrected chi connectivity index (χ2v) is 15.8. The summed E-state index contributed by atoms with van der Waals surface area (Å²) in [6, 6.07) is 71.8. The van der Waals surface area contributed by atoms with Crippen molar-refractivity contribution in [2.45, 2.75) is 19.3 Å². The van der Waals surface area contributed by atoms with Crippen LogP contribution in [0.4, 0.5) is 17.1 Å². The molecule has 3 nitrogen and oxygen atoms in total. The summed E-state index contributed by atoms with van der Waals surface area (Å²) in [5.41, 5.74) is 16.6. The lowest BCUT2D eigenvalue weighted by molar-refractivity contribution is 0.660. The molecule has 0 fully saturated rings. The number of fused-ring (bicyclic) bond motifs is 8. The topological polar surface area (TPSA) is 29.0 Å². The number of anilines is 3. The van der Waals surface area contributed by atoms with E-state index < -0.39 is 0 Å². The van der Waals surface area contributed by atoms with Crippen molar-refractivity contribution in [3.8, 4) is 44.8 Å². The molecule has 3 heteroatoms. The maximum Gasteiger partial charge on any atom is 0.0979 e. The molecule has 11 rings (SSSR count). The smallest absolute Gasteiger partial charge is 0.0979 e. The van der Waals surface area contributed by atoms with Crippen molar-refractivity contribution >= 4 is 49.6 Å². The predicted molar refractivity (Wildman–Crippen MR) is 243 cm³/mol. The summed E-state index contributed by atoms with van der Waals surface area (Å²) >= 11 is 0. The van der Waals surface area contributed by atoms with Gasteiger partial charge in [0.05, 0.1) is 22.4 Å². The molecule has 0 N–H and O–H groups in total. The van der Waals surface area contributed by atoms with Crippen LogP contribution in [0.1, 0.15) is 25.0 Å². The molecule has 0 bridgehead atoms. The number of nitrogens with zero attached hydrogens (tertiary/aromatic N) is 3. The van der Waals surface area contributed by atoms with Crippen LogP contribution in [-0.4, -0.2) is 9.97 Å². The summed E-state index contributed by atoms with van der Waals surface area (Å²) in [5.74, 6) is 0. The number of benzene rings is 9. The number of rotatable bonds is 6. The lowest BCUT2D eigenvalue weighted by Crippen LogP contribution is -2.16. The molecule has 0 saturated heterocycles. The van der Waals surface area contributed by atoms with Gasteiger partial charge >= 0.3 is 0 Å². The van der Waals surface area contributed by atoms with E-state index in [2.05, 4.69) is 207 Å². The number of hydrogen-bond donors (Lipinski definition) is 0. The van der Waals surface area contributed by atoms with E-state index in [-0.39, 0.29) is 5.41 Å². The van der Waals surface area contributed by atoms with E-state index in [1.165, 1.54) is 44.2 Å². The first-order valence-electron chi connectivity index (χ1n) is 20.0. The van der Waals surface area contributed by atoms with Gasteiger partial charge in [0.25, 0.3) is 0 Å². The molecule has 0 radical (unpaired) electrons. The van der Waals surface area contributed by atoms with Gasteiger partial charge in [-0.2, -0.15) is 0 Å². The third kappa shape index (κ3) is 5.43. The van der Waals surface area contributed by atoms with Gasteiger partial charge in [-0.15, -0.1) is 0 Å². The molecule has 1 heterocycles. The van der Waals surface area contributed by atoms with Gasteiger partial charge in [0.1, 0.15) is 0 Å². The highest BCUT2D eigenvalue weighted by Gasteiger charge is 2.37. The van der Waals surface area contributed by atoms with E-state index in [0.717, 1.165) is 61.4 Å². The third-order valence-corrected chi connectivity index (χ3v) is 12.0. The van der Waals surface area contributed by atoms with Crippen molar-refractivity contribution in [2.75, 3.05) is 4.90 Å². The van der Waals surface area contributed by atoms with Crippen molar-refractivity contribution in [1.82, 2.24) is 9.97 Å². The van der Waals surface area contributed by atoms with Gasteiger partial charge < -0.3 is 4.90 Å². The zero-order valence-electron chi connectivity index (χ0n) is 32.4. The fraction of sp³-hybridized carbons (Fsp3) is 0.0545. The molecule has 9 aromatic carbocycles. The van der Waals surface area contributed by atoms with Crippen LogP contribution in [0, 0.1) is 0 Å². The second-order valence-electron chi connectivity index (χ2n) is 15.8. The Kier molecular flexibility index (Phi) is 7.84. The van der Waals surface area contributed by atoms with Crippen LogP contribution in [0.3, 0.4) is 0 Å². The van der Waals surface area contributed by atoms with Gasteiger partial charge in [-0.1, -0.05) is 166 Å². The van der Waals surface area contributed by atoms with Gasteiger partial charge in [0.2, 0.25) is 0 Å². The fourth-order valence-electron chi connectivity index (χ4n) is 9.18. The minimum Gasteiger partial charge on any atom is -0.310 e. The van der Waals surface area contributed by atoms with Gasteiger partial charge in [-0.3, -0.25) is 0 Å². The SMILES string of the molecule is CC1(C)c2cc(N(c3ccccc3)c3ccccc3)ccc2-c2c(-c3ccc4ccc5ccc6nc(-c7ccccc7)c(-c7ccccc7)nc6c5c4c3)cccc21. The Morgan fingerprint density at radius 1 is 0.414 bits per heavy atom. The van der Waals surface area contributed by atoms with E-state index in [0.29, 0.717) is 0 Å². The third-order valence-electron chi connectivity index (χ3n) is 12.0. The Balaban J connectivity index is 1.10. The van der Waals surface area contributed by atoms with Crippen molar-refractivity contribution < 1.29 is 0 Å². The Hall–Kier alpha value is -7.36. The van der Waals surface area contributed by atoms with E-state index in [9.17, 15) is 0 Å². The number of para-hydroxylation sites is 2. The van der Waals surface area contributed by atoms with Crippen molar-refractivity contribution in [3.63, 3.8) is 0 Å². The summed E-state index contributed by atoms with van der Waals surface area (Å²) in [5, 5.41) is 4.63. The molecule has 0 spiro atoms. The largest absolute Gasteiger partial charge is 0.310 e. The zero-order chi connectivity index (χ0) is 38.8. The van der Waals surface area contributed by atoms with Crippen LogP contribution in [0.25, 0.3) is 77.3 Å². The Morgan fingerprint density at radius 3 is 1.67 bits per heavy atom. The highest BCUT2D eigenvalue weighted by molar-refractivity contribution is 6.19. The Labute approximate surface area is 338 Å². The average Bonchev–Trinajstić information content (AvgIpc) is 3.52. The second kappa shape index (κ2) is 13.4. The fourth-order valence-corrected chi connectivity index (χ4v) is 9.18. The zero-order valence-corrected chi connectivity index (χ0v) is 32.4. The van der Waals surface area contributed by atoms with Gasteiger partial charge in [-0.25, -0.2) is 9.97 Å². The number of hydrogen-bond acceptors (Lipinski definition) is 3. The Bertz CT molecular complexity index is 3130. The molecule has 1 aliphatic rings. The molecule has 0 aliphatic heterocycles. The molecule has 58 heavy (non-hydrogen) atoms. The Morgan fingerprint density at radius 2 is 1.00 bits per heavy atom.